The van der Waals surface area contributed by atoms with E-state index in [-0.39, 0.29) is 24.8 Å². The van der Waals surface area contributed by atoms with Gasteiger partial charge in [-0.1, -0.05) is 0 Å². The van der Waals surface area contributed by atoms with Crippen LogP contribution in [0.2, 0.25) is 13.1 Å². The number of benzene rings is 4. The molecule has 1 nitrogen and oxygen atoms in total. The summed E-state index contributed by atoms with van der Waals surface area (Å²) in [6, 6.07) is 27.4. The summed E-state index contributed by atoms with van der Waals surface area (Å²) in [5, 5.41) is 5.07. The van der Waals surface area contributed by atoms with Crippen molar-refractivity contribution in [2.24, 2.45) is 7.05 Å². The molecule has 2 heterocycles. The molecule has 0 fully saturated rings. The van der Waals surface area contributed by atoms with Gasteiger partial charge in [-0.2, -0.15) is 0 Å². The zero-order chi connectivity index (χ0) is 22.9. The summed E-state index contributed by atoms with van der Waals surface area (Å²) in [5.74, 6) is 0.332. The van der Waals surface area contributed by atoms with Gasteiger partial charge >= 0.3 is 217 Å². The Balaban J connectivity index is 0.00000120. The second kappa shape index (κ2) is 8.05. The Kier molecular flexibility index (Phi) is 5.46. The number of hydrogen-bond acceptors (Lipinski definition) is 0. The number of aryl methyl sites for hydroxylation is 1. The first-order valence-corrected chi connectivity index (χ1v) is 16.4. The molecule has 8 rings (SSSR count). The maximum atomic E-state index is 2.58. The predicted molar refractivity (Wildman–Crippen MR) is 140 cm³/mol. The minimum atomic E-state index is -1.53. The van der Waals surface area contributed by atoms with Gasteiger partial charge < -0.3 is 24.8 Å². The summed E-state index contributed by atoms with van der Waals surface area (Å²) in [7, 11) is 0.801. The largest absolute Gasteiger partial charge is 1.00 e. The van der Waals surface area contributed by atoms with E-state index in [2.05, 4.69) is 97.5 Å². The molecular formula is C31H24Cl2NSiZr. The van der Waals surface area contributed by atoms with E-state index >= 15 is 0 Å². The minimum absolute atomic E-state index is 0. The number of hydrogen-bond donors (Lipinski definition) is 0. The van der Waals surface area contributed by atoms with E-state index in [0.717, 1.165) is 6.42 Å². The van der Waals surface area contributed by atoms with Crippen LogP contribution in [0.3, 0.4) is 0 Å². The van der Waals surface area contributed by atoms with Crippen molar-refractivity contribution in [2.75, 3.05) is 0 Å². The van der Waals surface area contributed by atoms with Crippen LogP contribution in [0.25, 0.3) is 33.2 Å². The monoisotopic (exact) mass is 598 g/mol. The zero-order valence-corrected chi connectivity index (χ0v) is 25.4. The van der Waals surface area contributed by atoms with E-state index in [9.17, 15) is 0 Å². The van der Waals surface area contributed by atoms with Crippen molar-refractivity contribution >= 4 is 32.6 Å². The van der Waals surface area contributed by atoms with Gasteiger partial charge in [-0.25, -0.2) is 0 Å². The van der Waals surface area contributed by atoms with E-state index in [4.69, 9.17) is 0 Å². The van der Waals surface area contributed by atoms with Crippen molar-refractivity contribution in [2.45, 2.75) is 25.4 Å². The quantitative estimate of drug-likeness (QED) is 0.218. The third kappa shape index (κ3) is 2.81. The summed E-state index contributed by atoms with van der Waals surface area (Å²) in [6.07, 6.45) is 1.05. The van der Waals surface area contributed by atoms with Crippen LogP contribution in [0.1, 0.15) is 33.9 Å². The molecule has 0 spiro atoms. The molecule has 1 aliphatic heterocycles. The van der Waals surface area contributed by atoms with Crippen molar-refractivity contribution in [3.63, 3.8) is 0 Å². The number of nitrogens with zero attached hydrogens (tertiary/aromatic N) is 1. The molecule has 36 heavy (non-hydrogen) atoms. The van der Waals surface area contributed by atoms with Gasteiger partial charge in [0.15, 0.2) is 0 Å². The van der Waals surface area contributed by atoms with Crippen LogP contribution in [0.15, 0.2) is 72.8 Å². The molecule has 0 unspecified atom stereocenters. The first kappa shape index (κ1) is 24.4. The normalized spacial score (nSPS) is 15.4. The Hall–Kier alpha value is -1.90. The zero-order valence-electron chi connectivity index (χ0n) is 20.4. The SMILES string of the molecule is Cn1c2c(c3[c]([Zr+2])c4c(c(C5c6ccccc6-c6ccccc65)c31)[Si]4(C)C)-c1ccccc1C2.[Cl-].[Cl-]. The van der Waals surface area contributed by atoms with E-state index in [1.165, 1.54) is 50.2 Å². The van der Waals surface area contributed by atoms with Crippen LogP contribution >= 0.6 is 0 Å². The molecule has 5 heteroatoms. The first-order chi connectivity index (χ1) is 16.5. The Labute approximate surface area is 240 Å². The van der Waals surface area contributed by atoms with Gasteiger partial charge in [0.05, 0.1) is 0 Å². The van der Waals surface area contributed by atoms with E-state index in [0.29, 0.717) is 5.92 Å². The Bertz CT molecular complexity index is 1700. The van der Waals surface area contributed by atoms with Gasteiger partial charge in [-0.15, -0.1) is 0 Å². The third-order valence-electron chi connectivity index (χ3n) is 8.74. The molecule has 0 saturated carbocycles. The molecule has 5 aromatic rings. The van der Waals surface area contributed by atoms with Gasteiger partial charge in [0.2, 0.25) is 0 Å². The Morgan fingerprint density at radius 2 is 1.33 bits per heavy atom. The van der Waals surface area contributed by atoms with Gasteiger partial charge in [-0.3, -0.25) is 0 Å². The molecule has 0 radical (unpaired) electrons. The minimum Gasteiger partial charge on any atom is -1.00 e. The molecule has 0 N–H and O–H groups in total. The number of halogens is 2. The van der Waals surface area contributed by atoms with Crippen LogP contribution < -0.4 is 38.5 Å². The average molecular weight is 601 g/mol. The summed E-state index contributed by atoms with van der Waals surface area (Å²) in [6.45, 7) is 5.16. The summed E-state index contributed by atoms with van der Waals surface area (Å²) in [5.41, 5.74) is 14.9. The van der Waals surface area contributed by atoms with Crippen LogP contribution in [-0.4, -0.2) is 12.6 Å². The van der Waals surface area contributed by atoms with Crippen molar-refractivity contribution in [1.29, 1.82) is 0 Å². The summed E-state index contributed by atoms with van der Waals surface area (Å²) in [4.78, 5) is 0. The molecule has 4 aromatic carbocycles. The van der Waals surface area contributed by atoms with Crippen LogP contribution in [0.5, 0.6) is 0 Å². The molecule has 2 aliphatic carbocycles. The number of fused-ring (bicyclic) bond motifs is 9. The van der Waals surface area contributed by atoms with Crippen molar-refractivity contribution in [3.8, 4) is 22.3 Å². The van der Waals surface area contributed by atoms with Crippen molar-refractivity contribution < 1.29 is 49.5 Å². The maximum Gasteiger partial charge on any atom is -1.00 e. The molecule has 3 aliphatic rings. The Morgan fingerprint density at radius 1 is 0.778 bits per heavy atom. The number of aromatic nitrogens is 1. The second-order valence-electron chi connectivity index (χ2n) is 10.7. The van der Waals surface area contributed by atoms with Gasteiger partial charge in [-0.05, 0) is 0 Å². The van der Waals surface area contributed by atoms with Gasteiger partial charge in [0.25, 0.3) is 0 Å². The molecule has 175 valence electrons. The van der Waals surface area contributed by atoms with Crippen molar-refractivity contribution in [3.05, 3.63) is 101 Å². The molecule has 0 amide bonds. The van der Waals surface area contributed by atoms with Gasteiger partial charge in [0, 0.05) is 0 Å². The van der Waals surface area contributed by atoms with Crippen LogP contribution in [0, 0.1) is 0 Å². The smallest absolute Gasteiger partial charge is 1.00 e. The Morgan fingerprint density at radius 3 is 1.97 bits per heavy atom. The van der Waals surface area contributed by atoms with Gasteiger partial charge in [0.1, 0.15) is 0 Å². The van der Waals surface area contributed by atoms with Crippen LogP contribution in [-0.2, 0) is 38.2 Å². The van der Waals surface area contributed by atoms with Crippen LogP contribution in [0.4, 0.5) is 0 Å². The fraction of sp³-hybridized carbons (Fsp3) is 0.161. The molecular weight excluding hydrogens is 577 g/mol. The van der Waals surface area contributed by atoms with E-state index in [1.807, 2.05) is 0 Å². The fourth-order valence-electron chi connectivity index (χ4n) is 7.26. The predicted octanol–water partition coefficient (Wildman–Crippen LogP) is -0.774. The molecule has 0 bridgehead atoms. The standard InChI is InChI=1S/C31H24NSi.2ClH.Zr/c1-32-25-16-18-10-4-5-11-19(18)27(25)24-17-26-31(33(26,2)3)29(30(24)32)28-22-14-8-6-12-20(22)21-13-7-9-15-23(21)28;;;/h4-15,28H,16H2,1-3H3;2*1H;/q;;;+2/p-2. The summed E-state index contributed by atoms with van der Waals surface area (Å²) < 4.78 is 4.23. The summed E-state index contributed by atoms with van der Waals surface area (Å²) >= 11 is 1.57. The van der Waals surface area contributed by atoms with Crippen molar-refractivity contribution in [1.82, 2.24) is 4.57 Å². The number of rotatable bonds is 1. The fourth-order valence-corrected chi connectivity index (χ4v) is 14.4. The van der Waals surface area contributed by atoms with E-state index < -0.39 is 8.07 Å². The topological polar surface area (TPSA) is 4.93 Å². The molecule has 1 aromatic heterocycles. The first-order valence-electron chi connectivity index (χ1n) is 12.2. The molecule has 0 atom stereocenters. The molecule has 0 saturated heterocycles. The average Bonchev–Trinajstić information content (AvgIpc) is 3.15. The van der Waals surface area contributed by atoms with E-state index in [1.54, 1.807) is 49.3 Å². The third-order valence-corrected chi connectivity index (χ3v) is 13.9. The maximum absolute atomic E-state index is 2.58. The second-order valence-corrected chi connectivity index (χ2v) is 16.2.